The van der Waals surface area contributed by atoms with Crippen molar-refractivity contribution in [1.29, 1.82) is 0 Å². The summed E-state index contributed by atoms with van der Waals surface area (Å²) in [5.74, 6) is 2.62. The van der Waals surface area contributed by atoms with E-state index in [1.165, 1.54) is 12.8 Å². The van der Waals surface area contributed by atoms with Crippen molar-refractivity contribution in [3.05, 3.63) is 35.2 Å². The third-order valence-electron chi connectivity index (χ3n) is 4.90. The van der Waals surface area contributed by atoms with E-state index >= 15 is 0 Å². The first-order valence-electron chi connectivity index (χ1n) is 7.75. The zero-order chi connectivity index (χ0) is 15.1. The number of nitrogens with two attached hydrogens (primary N) is 1. The number of hydrogen-bond acceptors (Lipinski definition) is 5. The van der Waals surface area contributed by atoms with Crippen molar-refractivity contribution in [2.75, 3.05) is 13.1 Å². The summed E-state index contributed by atoms with van der Waals surface area (Å²) in [4.78, 5) is 6.87. The number of benzene rings is 1. The van der Waals surface area contributed by atoms with Gasteiger partial charge in [0.25, 0.3) is 0 Å². The Hall–Kier alpha value is -1.43. The molecule has 0 radical (unpaired) electrons. The maximum Gasteiger partial charge on any atom is 0.241 e. The topological polar surface area (TPSA) is 68.2 Å². The maximum absolute atomic E-state index is 6.18. The molecule has 5 nitrogen and oxygen atoms in total. The van der Waals surface area contributed by atoms with Gasteiger partial charge in [-0.3, -0.25) is 4.90 Å². The smallest absolute Gasteiger partial charge is 0.241 e. The van der Waals surface area contributed by atoms with Crippen molar-refractivity contribution < 1.29 is 4.52 Å². The maximum atomic E-state index is 6.18. The van der Waals surface area contributed by atoms with Gasteiger partial charge in [0.05, 0.1) is 6.54 Å². The lowest BCUT2D eigenvalue weighted by molar-refractivity contribution is 0.250. The lowest BCUT2D eigenvalue weighted by atomic mass is 9.98. The Morgan fingerprint density at radius 1 is 1.32 bits per heavy atom. The van der Waals surface area contributed by atoms with Crippen LogP contribution in [0.25, 0.3) is 11.4 Å². The van der Waals surface area contributed by atoms with E-state index in [1.54, 1.807) is 0 Å². The number of likely N-dealkylation sites (tertiary alicyclic amines) is 1. The molecule has 2 fully saturated rings. The van der Waals surface area contributed by atoms with Crippen molar-refractivity contribution in [1.82, 2.24) is 15.0 Å². The molecule has 2 aliphatic rings. The van der Waals surface area contributed by atoms with Crippen LogP contribution in [-0.2, 0) is 6.54 Å². The molecule has 3 atom stereocenters. The van der Waals surface area contributed by atoms with Gasteiger partial charge in [-0.1, -0.05) is 28.9 Å². The molecule has 2 aromatic rings. The minimum absolute atomic E-state index is 0.361. The highest BCUT2D eigenvalue weighted by Gasteiger charge is 2.41. The average molecular weight is 319 g/mol. The molecular weight excluding hydrogens is 300 g/mol. The van der Waals surface area contributed by atoms with Crippen molar-refractivity contribution in [2.45, 2.75) is 25.4 Å². The highest BCUT2D eigenvalue weighted by molar-refractivity contribution is 6.30. The highest BCUT2D eigenvalue weighted by Crippen LogP contribution is 2.37. The van der Waals surface area contributed by atoms with Gasteiger partial charge in [-0.25, -0.2) is 0 Å². The van der Waals surface area contributed by atoms with Gasteiger partial charge in [-0.15, -0.1) is 0 Å². The molecule has 1 aromatic carbocycles. The molecule has 1 aromatic heterocycles. The molecule has 1 aliphatic heterocycles. The minimum atomic E-state index is 0.361. The van der Waals surface area contributed by atoms with Gasteiger partial charge < -0.3 is 10.3 Å². The first kappa shape index (κ1) is 14.2. The summed E-state index contributed by atoms with van der Waals surface area (Å²) in [7, 11) is 0. The van der Waals surface area contributed by atoms with E-state index < -0.39 is 0 Å². The summed E-state index contributed by atoms with van der Waals surface area (Å²) in [5.41, 5.74) is 7.06. The van der Waals surface area contributed by atoms with Crippen LogP contribution >= 0.6 is 11.6 Å². The summed E-state index contributed by atoms with van der Waals surface area (Å²) >= 11 is 6.00. The molecule has 2 heterocycles. The quantitative estimate of drug-likeness (QED) is 0.942. The zero-order valence-corrected chi connectivity index (χ0v) is 13.0. The van der Waals surface area contributed by atoms with Gasteiger partial charge in [-0.05, 0) is 36.8 Å². The Bertz CT molecular complexity index is 674. The average Bonchev–Trinajstić information content (AvgIpc) is 3.18. The molecule has 1 aliphatic carbocycles. The fourth-order valence-corrected chi connectivity index (χ4v) is 3.97. The first-order chi connectivity index (χ1) is 10.7. The Morgan fingerprint density at radius 3 is 3.05 bits per heavy atom. The van der Waals surface area contributed by atoms with Crippen molar-refractivity contribution in [3.63, 3.8) is 0 Å². The van der Waals surface area contributed by atoms with Crippen LogP contribution in [0.15, 0.2) is 28.8 Å². The fourth-order valence-electron chi connectivity index (χ4n) is 3.78. The molecular formula is C16H19ClN4O. The number of nitrogens with zero attached hydrogens (tertiary/aromatic N) is 3. The van der Waals surface area contributed by atoms with Crippen molar-refractivity contribution in [3.8, 4) is 11.4 Å². The van der Waals surface area contributed by atoms with Crippen LogP contribution in [0, 0.1) is 11.8 Å². The molecule has 4 rings (SSSR count). The Balaban J connectivity index is 1.45. The van der Waals surface area contributed by atoms with Crippen LogP contribution in [0.4, 0.5) is 0 Å². The molecule has 0 spiro atoms. The minimum Gasteiger partial charge on any atom is -0.338 e. The van der Waals surface area contributed by atoms with Gasteiger partial charge in [0.15, 0.2) is 0 Å². The van der Waals surface area contributed by atoms with E-state index in [9.17, 15) is 0 Å². The molecule has 3 unspecified atom stereocenters. The molecule has 6 heteroatoms. The Kier molecular flexibility index (Phi) is 3.64. The van der Waals surface area contributed by atoms with Crippen LogP contribution < -0.4 is 5.73 Å². The molecule has 22 heavy (non-hydrogen) atoms. The van der Waals surface area contributed by atoms with Crippen LogP contribution in [0.2, 0.25) is 5.02 Å². The molecule has 0 amide bonds. The highest BCUT2D eigenvalue weighted by atomic mass is 35.5. The van der Waals surface area contributed by atoms with Gasteiger partial charge in [0.2, 0.25) is 11.7 Å². The van der Waals surface area contributed by atoms with Gasteiger partial charge in [0, 0.05) is 29.7 Å². The van der Waals surface area contributed by atoms with Crippen molar-refractivity contribution in [2.24, 2.45) is 17.6 Å². The van der Waals surface area contributed by atoms with Crippen LogP contribution in [-0.4, -0.2) is 34.2 Å². The second-order valence-corrected chi connectivity index (χ2v) is 6.82. The van der Waals surface area contributed by atoms with Crippen molar-refractivity contribution >= 4 is 11.6 Å². The molecule has 116 valence electrons. The Morgan fingerprint density at radius 2 is 2.23 bits per heavy atom. The number of hydrogen-bond donors (Lipinski definition) is 1. The van der Waals surface area contributed by atoms with E-state index in [0.717, 1.165) is 24.6 Å². The molecule has 2 N–H and O–H groups in total. The summed E-state index contributed by atoms with van der Waals surface area (Å²) < 4.78 is 5.39. The van der Waals surface area contributed by atoms with E-state index in [0.29, 0.717) is 35.2 Å². The second-order valence-electron chi connectivity index (χ2n) is 6.38. The first-order valence-corrected chi connectivity index (χ1v) is 8.13. The number of rotatable bonds is 3. The fraction of sp³-hybridized carbons (Fsp3) is 0.500. The summed E-state index contributed by atoms with van der Waals surface area (Å²) in [6.07, 6.45) is 2.42. The number of aromatic nitrogens is 2. The monoisotopic (exact) mass is 318 g/mol. The summed E-state index contributed by atoms with van der Waals surface area (Å²) in [6, 6.07) is 7.85. The number of fused-ring (bicyclic) bond motifs is 1. The predicted molar refractivity (Wildman–Crippen MR) is 84.2 cm³/mol. The number of halogens is 1. The molecule has 1 saturated heterocycles. The van der Waals surface area contributed by atoms with Gasteiger partial charge in [0.1, 0.15) is 0 Å². The van der Waals surface area contributed by atoms with Gasteiger partial charge in [-0.2, -0.15) is 4.98 Å². The SMILES string of the molecule is NC1CCC2CN(Cc3nc(-c4cccc(Cl)c4)no3)CC12. The van der Waals surface area contributed by atoms with Crippen LogP contribution in [0.3, 0.4) is 0 Å². The second kappa shape index (κ2) is 5.65. The van der Waals surface area contributed by atoms with E-state index in [-0.39, 0.29) is 0 Å². The summed E-state index contributed by atoms with van der Waals surface area (Å²) in [5, 5.41) is 4.73. The largest absolute Gasteiger partial charge is 0.338 e. The third kappa shape index (κ3) is 2.64. The zero-order valence-electron chi connectivity index (χ0n) is 12.3. The normalized spacial score (nSPS) is 28.2. The summed E-state index contributed by atoms with van der Waals surface area (Å²) in [6.45, 7) is 2.83. The third-order valence-corrected chi connectivity index (χ3v) is 5.13. The van der Waals surface area contributed by atoms with Crippen LogP contribution in [0.5, 0.6) is 0 Å². The Labute approximate surface area is 134 Å². The molecule has 1 saturated carbocycles. The van der Waals surface area contributed by atoms with Crippen LogP contribution in [0.1, 0.15) is 18.7 Å². The lowest BCUT2D eigenvalue weighted by Gasteiger charge is -2.15. The van der Waals surface area contributed by atoms with E-state index in [1.807, 2.05) is 24.3 Å². The van der Waals surface area contributed by atoms with E-state index in [2.05, 4.69) is 15.0 Å². The standard InChI is InChI=1S/C16H19ClN4O/c17-12-3-1-2-10(6-12)16-19-15(22-20-16)9-21-7-11-4-5-14(18)13(11)8-21/h1-3,6,11,13-14H,4-5,7-9,18H2. The van der Waals surface area contributed by atoms with E-state index in [4.69, 9.17) is 21.9 Å². The lowest BCUT2D eigenvalue weighted by Crippen LogP contribution is -2.30. The molecule has 0 bridgehead atoms. The van der Waals surface area contributed by atoms with Gasteiger partial charge >= 0.3 is 0 Å². The predicted octanol–water partition coefficient (Wildman–Crippen LogP) is 2.56.